The van der Waals surface area contributed by atoms with E-state index in [1.165, 1.54) is 31.7 Å². The molecule has 3 rings (SSSR count). The van der Waals surface area contributed by atoms with E-state index >= 15 is 0 Å². The van der Waals surface area contributed by atoms with Gasteiger partial charge in [0.2, 0.25) is 0 Å². The van der Waals surface area contributed by atoms with Crippen LogP contribution in [0, 0.1) is 11.8 Å². The lowest BCUT2D eigenvalue weighted by molar-refractivity contribution is -0.137. The van der Waals surface area contributed by atoms with Crippen LogP contribution in [0.15, 0.2) is 12.1 Å². The molecule has 2 aliphatic carbocycles. The normalized spacial score (nSPS) is 18.7. The Hall–Kier alpha value is -1.46. The lowest BCUT2D eigenvalue weighted by Gasteiger charge is -2.25. The molecule has 1 N–H and O–H groups in total. The van der Waals surface area contributed by atoms with Crippen molar-refractivity contribution in [1.82, 2.24) is 4.98 Å². The summed E-state index contributed by atoms with van der Waals surface area (Å²) in [5.41, 5.74) is -0.631. The molecule has 2 saturated carbocycles. The second kappa shape index (κ2) is 5.39. The van der Waals surface area contributed by atoms with Crippen molar-refractivity contribution in [3.63, 3.8) is 0 Å². The minimum Gasteiger partial charge on any atom is -0.373 e. The van der Waals surface area contributed by atoms with Crippen molar-refractivity contribution < 1.29 is 13.2 Å². The lowest BCUT2D eigenvalue weighted by atomic mass is 10.2. The number of alkyl halides is 3. The average molecular weight is 299 g/mol. The van der Waals surface area contributed by atoms with Crippen LogP contribution in [0.25, 0.3) is 0 Å². The molecule has 21 heavy (non-hydrogen) atoms. The van der Waals surface area contributed by atoms with Crippen LogP contribution in [0.1, 0.15) is 31.2 Å². The Labute approximate surface area is 122 Å². The van der Waals surface area contributed by atoms with Crippen LogP contribution in [0.5, 0.6) is 0 Å². The number of hydrogen-bond acceptors (Lipinski definition) is 3. The average Bonchev–Trinajstić information content (AvgIpc) is 3.31. The van der Waals surface area contributed by atoms with Crippen molar-refractivity contribution in [2.24, 2.45) is 11.8 Å². The highest BCUT2D eigenvalue weighted by molar-refractivity contribution is 5.51. The van der Waals surface area contributed by atoms with E-state index in [-0.39, 0.29) is 5.82 Å². The van der Waals surface area contributed by atoms with Crippen molar-refractivity contribution in [3.05, 3.63) is 17.7 Å². The number of rotatable bonds is 6. The van der Waals surface area contributed by atoms with Gasteiger partial charge >= 0.3 is 6.18 Å². The number of nitrogens with zero attached hydrogens (tertiary/aromatic N) is 2. The second-order valence-electron chi connectivity index (χ2n) is 6.14. The summed E-state index contributed by atoms with van der Waals surface area (Å²) in [7, 11) is 1.60. The molecule has 0 aromatic carbocycles. The van der Waals surface area contributed by atoms with Crippen molar-refractivity contribution in [1.29, 1.82) is 0 Å². The van der Waals surface area contributed by atoms with Crippen molar-refractivity contribution in [2.45, 2.75) is 31.9 Å². The van der Waals surface area contributed by atoms with E-state index in [0.29, 0.717) is 17.7 Å². The topological polar surface area (TPSA) is 28.2 Å². The van der Waals surface area contributed by atoms with E-state index in [0.717, 1.165) is 19.2 Å². The highest BCUT2D eigenvalue weighted by Gasteiger charge is 2.34. The van der Waals surface area contributed by atoms with E-state index in [4.69, 9.17) is 0 Å². The summed E-state index contributed by atoms with van der Waals surface area (Å²) < 4.78 is 39.1. The van der Waals surface area contributed by atoms with Crippen LogP contribution in [0.2, 0.25) is 0 Å². The minimum absolute atomic E-state index is 0.274. The van der Waals surface area contributed by atoms with Gasteiger partial charge in [0.05, 0.1) is 5.56 Å². The van der Waals surface area contributed by atoms with Gasteiger partial charge in [-0.15, -0.1) is 0 Å². The zero-order valence-electron chi connectivity index (χ0n) is 12.1. The van der Waals surface area contributed by atoms with E-state index in [2.05, 4.69) is 10.3 Å². The van der Waals surface area contributed by atoms with Crippen LogP contribution in [0.3, 0.4) is 0 Å². The predicted octanol–water partition coefficient (Wildman–Crippen LogP) is 3.77. The van der Waals surface area contributed by atoms with Gasteiger partial charge in [0.15, 0.2) is 0 Å². The number of hydrogen-bond donors (Lipinski definition) is 1. The number of nitrogens with one attached hydrogen (secondary N) is 1. The molecule has 0 radical (unpaired) electrons. The Morgan fingerprint density at radius 1 is 1.14 bits per heavy atom. The summed E-state index contributed by atoms with van der Waals surface area (Å²) in [5.74, 6) is 1.97. The summed E-state index contributed by atoms with van der Waals surface area (Å²) in [6, 6.07) is 2.25. The third kappa shape index (κ3) is 3.80. The molecule has 116 valence electrons. The summed E-state index contributed by atoms with van der Waals surface area (Å²) in [6.45, 7) is 1.65. The van der Waals surface area contributed by atoms with Gasteiger partial charge in [-0.05, 0) is 49.7 Å². The van der Waals surface area contributed by atoms with Crippen LogP contribution < -0.4 is 10.2 Å². The van der Waals surface area contributed by atoms with Gasteiger partial charge < -0.3 is 10.2 Å². The first kappa shape index (κ1) is 14.5. The molecule has 0 unspecified atom stereocenters. The Bertz CT molecular complexity index is 493. The summed E-state index contributed by atoms with van der Waals surface area (Å²) in [5, 5.41) is 2.73. The third-order valence-electron chi connectivity index (χ3n) is 4.07. The molecule has 2 fully saturated rings. The van der Waals surface area contributed by atoms with Gasteiger partial charge in [-0.1, -0.05) is 0 Å². The second-order valence-corrected chi connectivity index (χ2v) is 6.14. The van der Waals surface area contributed by atoms with Crippen molar-refractivity contribution in [2.75, 3.05) is 30.4 Å². The lowest BCUT2D eigenvalue weighted by Crippen LogP contribution is -2.29. The van der Waals surface area contributed by atoms with E-state index in [9.17, 15) is 13.2 Å². The minimum atomic E-state index is -4.34. The summed E-state index contributed by atoms with van der Waals surface area (Å²) in [4.78, 5) is 6.39. The molecule has 3 nitrogen and oxygen atoms in total. The SMILES string of the molecule is CNc1cc(C(F)(F)F)cc(N(CC2CC2)CC2CC2)n1. The van der Waals surface area contributed by atoms with Crippen LogP contribution in [0.4, 0.5) is 24.8 Å². The van der Waals surface area contributed by atoms with E-state index in [1.807, 2.05) is 4.90 Å². The Morgan fingerprint density at radius 3 is 2.14 bits per heavy atom. The highest BCUT2D eigenvalue weighted by atomic mass is 19.4. The first-order chi connectivity index (χ1) is 9.95. The van der Waals surface area contributed by atoms with Gasteiger partial charge in [-0.25, -0.2) is 4.98 Å². The maximum atomic E-state index is 13.0. The fraction of sp³-hybridized carbons (Fsp3) is 0.667. The largest absolute Gasteiger partial charge is 0.416 e. The number of halogens is 3. The smallest absolute Gasteiger partial charge is 0.373 e. The van der Waals surface area contributed by atoms with E-state index in [1.54, 1.807) is 7.05 Å². The van der Waals surface area contributed by atoms with Crippen molar-refractivity contribution >= 4 is 11.6 Å². The number of pyridine rings is 1. The Kier molecular flexibility index (Phi) is 3.71. The maximum Gasteiger partial charge on any atom is 0.416 e. The molecule has 0 spiro atoms. The molecule has 0 bridgehead atoms. The van der Waals surface area contributed by atoms with Gasteiger partial charge in [0, 0.05) is 20.1 Å². The summed E-state index contributed by atoms with van der Waals surface area (Å²) in [6.07, 6.45) is 0.379. The third-order valence-corrected chi connectivity index (χ3v) is 4.07. The fourth-order valence-corrected chi connectivity index (χ4v) is 2.46. The monoisotopic (exact) mass is 299 g/mol. The quantitative estimate of drug-likeness (QED) is 0.866. The zero-order valence-corrected chi connectivity index (χ0v) is 12.1. The van der Waals surface area contributed by atoms with Gasteiger partial charge in [0.25, 0.3) is 0 Å². The van der Waals surface area contributed by atoms with Gasteiger partial charge in [-0.3, -0.25) is 0 Å². The molecule has 1 aromatic rings. The molecular weight excluding hydrogens is 279 g/mol. The summed E-state index contributed by atoms with van der Waals surface area (Å²) >= 11 is 0. The zero-order chi connectivity index (χ0) is 15.0. The van der Waals surface area contributed by atoms with Crippen LogP contribution in [-0.4, -0.2) is 25.1 Å². The Balaban J connectivity index is 1.88. The number of aromatic nitrogens is 1. The van der Waals surface area contributed by atoms with Crippen LogP contribution >= 0.6 is 0 Å². The van der Waals surface area contributed by atoms with E-state index < -0.39 is 11.7 Å². The molecule has 6 heteroatoms. The molecule has 1 heterocycles. The van der Waals surface area contributed by atoms with Gasteiger partial charge in [0.1, 0.15) is 11.6 Å². The standard InChI is InChI=1S/C15H20F3N3/c1-19-13-6-12(15(16,17)18)7-14(20-13)21(8-10-2-3-10)9-11-4-5-11/h6-7,10-11H,2-5,8-9H2,1H3,(H,19,20). The number of anilines is 2. The first-order valence-corrected chi connectivity index (χ1v) is 7.47. The molecule has 0 atom stereocenters. The molecule has 2 aliphatic rings. The molecule has 0 saturated heterocycles. The van der Waals surface area contributed by atoms with Gasteiger partial charge in [-0.2, -0.15) is 13.2 Å². The Morgan fingerprint density at radius 2 is 1.71 bits per heavy atom. The van der Waals surface area contributed by atoms with Crippen LogP contribution in [-0.2, 0) is 6.18 Å². The molecule has 0 amide bonds. The van der Waals surface area contributed by atoms with Crippen molar-refractivity contribution in [3.8, 4) is 0 Å². The molecule has 1 aromatic heterocycles. The molecule has 0 aliphatic heterocycles. The first-order valence-electron chi connectivity index (χ1n) is 7.47. The maximum absolute atomic E-state index is 13.0. The fourth-order valence-electron chi connectivity index (χ4n) is 2.46. The predicted molar refractivity (Wildman–Crippen MR) is 76.4 cm³/mol. The molecular formula is C15H20F3N3. The highest BCUT2D eigenvalue weighted by Crippen LogP contribution is 2.37.